The standard InChI is InChI=1S/C25H38N4O3/c1-4-12-28-22-7-5-6-8-23(22)29(25(28)31)15-11-24(30)27-13-9-21(10-14-27)18-26-16-19(2)32-20(3)17-26/h5-8,19-21H,4,9-18H2,1-3H3. The highest BCUT2D eigenvalue weighted by Gasteiger charge is 2.28. The molecule has 7 nitrogen and oxygen atoms in total. The third kappa shape index (κ3) is 5.09. The molecule has 2 aliphatic heterocycles. The number of morpholine rings is 1. The maximum absolute atomic E-state index is 12.9. The monoisotopic (exact) mass is 442 g/mol. The van der Waals surface area contributed by atoms with Crippen LogP contribution in [-0.2, 0) is 22.6 Å². The van der Waals surface area contributed by atoms with Gasteiger partial charge in [-0.2, -0.15) is 0 Å². The third-order valence-electron chi connectivity index (χ3n) is 6.90. The number of piperidine rings is 1. The van der Waals surface area contributed by atoms with Gasteiger partial charge in [0.2, 0.25) is 5.91 Å². The second-order valence-corrected chi connectivity index (χ2v) is 9.62. The van der Waals surface area contributed by atoms with Crippen molar-refractivity contribution in [3.05, 3.63) is 34.7 Å². The van der Waals surface area contributed by atoms with Crippen molar-refractivity contribution in [1.82, 2.24) is 18.9 Å². The number of benzene rings is 1. The third-order valence-corrected chi connectivity index (χ3v) is 6.90. The maximum atomic E-state index is 12.9. The zero-order valence-corrected chi connectivity index (χ0v) is 19.8. The summed E-state index contributed by atoms with van der Waals surface area (Å²) in [6, 6.07) is 7.89. The first kappa shape index (κ1) is 23.1. The fourth-order valence-electron chi connectivity index (χ4n) is 5.46. The first-order valence-electron chi connectivity index (χ1n) is 12.3. The summed E-state index contributed by atoms with van der Waals surface area (Å²) in [5, 5.41) is 0. The Balaban J connectivity index is 1.31. The van der Waals surface area contributed by atoms with E-state index in [1.54, 1.807) is 4.57 Å². The predicted molar refractivity (Wildman–Crippen MR) is 127 cm³/mol. The van der Waals surface area contributed by atoms with Crippen molar-refractivity contribution in [1.29, 1.82) is 0 Å². The molecule has 2 atom stereocenters. The van der Waals surface area contributed by atoms with E-state index < -0.39 is 0 Å². The molecule has 0 saturated carbocycles. The van der Waals surface area contributed by atoms with Crippen molar-refractivity contribution >= 4 is 16.9 Å². The van der Waals surface area contributed by atoms with Crippen LogP contribution in [0.5, 0.6) is 0 Å². The number of hydrogen-bond donors (Lipinski definition) is 0. The zero-order chi connectivity index (χ0) is 22.7. The molecular formula is C25H38N4O3. The Morgan fingerprint density at radius 3 is 2.19 bits per heavy atom. The second kappa shape index (κ2) is 10.2. The van der Waals surface area contributed by atoms with Crippen molar-refractivity contribution < 1.29 is 9.53 Å². The van der Waals surface area contributed by atoms with Gasteiger partial charge in [0.1, 0.15) is 0 Å². The lowest BCUT2D eigenvalue weighted by Gasteiger charge is -2.39. The van der Waals surface area contributed by atoms with E-state index in [1.807, 2.05) is 33.7 Å². The smallest absolute Gasteiger partial charge is 0.329 e. The summed E-state index contributed by atoms with van der Waals surface area (Å²) in [5.74, 6) is 0.808. The fraction of sp³-hybridized carbons (Fsp3) is 0.680. The molecule has 0 N–H and O–H groups in total. The van der Waals surface area contributed by atoms with Crippen LogP contribution in [0.15, 0.2) is 29.1 Å². The number of aromatic nitrogens is 2. The van der Waals surface area contributed by atoms with Gasteiger partial charge in [-0.25, -0.2) is 4.79 Å². The molecule has 2 aromatic rings. The summed E-state index contributed by atoms with van der Waals surface area (Å²) in [4.78, 5) is 30.4. The van der Waals surface area contributed by atoms with Gasteiger partial charge >= 0.3 is 5.69 Å². The number of carbonyl (C=O) groups is 1. The largest absolute Gasteiger partial charge is 0.373 e. The van der Waals surface area contributed by atoms with Crippen LogP contribution in [0.4, 0.5) is 0 Å². The molecule has 176 valence electrons. The molecule has 1 amide bonds. The molecule has 2 saturated heterocycles. The van der Waals surface area contributed by atoms with Crippen LogP contribution in [0, 0.1) is 5.92 Å². The average Bonchev–Trinajstić information content (AvgIpc) is 3.03. The first-order chi connectivity index (χ1) is 15.5. The molecule has 2 aliphatic rings. The number of rotatable bonds is 7. The molecule has 1 aromatic carbocycles. The van der Waals surface area contributed by atoms with Gasteiger partial charge in [0.25, 0.3) is 0 Å². The van der Waals surface area contributed by atoms with E-state index in [1.165, 1.54) is 0 Å². The summed E-state index contributed by atoms with van der Waals surface area (Å²) in [7, 11) is 0. The Labute approximate surface area is 190 Å². The number of amides is 1. The summed E-state index contributed by atoms with van der Waals surface area (Å²) in [6.07, 6.45) is 4.00. The highest BCUT2D eigenvalue weighted by molar-refractivity contribution is 5.78. The molecule has 32 heavy (non-hydrogen) atoms. The van der Waals surface area contributed by atoms with Crippen LogP contribution in [0.25, 0.3) is 11.0 Å². The van der Waals surface area contributed by atoms with E-state index in [2.05, 4.69) is 25.7 Å². The van der Waals surface area contributed by atoms with Gasteiger partial charge < -0.3 is 9.64 Å². The predicted octanol–water partition coefficient (Wildman–Crippen LogP) is 2.95. The lowest BCUT2D eigenvalue weighted by Crippen LogP contribution is -2.48. The number of aryl methyl sites for hydroxylation is 2. The van der Waals surface area contributed by atoms with Crippen LogP contribution in [0.1, 0.15) is 46.5 Å². The second-order valence-electron chi connectivity index (χ2n) is 9.62. The Morgan fingerprint density at radius 2 is 1.59 bits per heavy atom. The van der Waals surface area contributed by atoms with Crippen LogP contribution >= 0.6 is 0 Å². The van der Waals surface area contributed by atoms with Crippen LogP contribution in [0.2, 0.25) is 0 Å². The molecule has 7 heteroatoms. The number of para-hydroxylation sites is 2. The minimum Gasteiger partial charge on any atom is -0.373 e. The van der Waals surface area contributed by atoms with E-state index in [0.29, 0.717) is 37.6 Å². The van der Waals surface area contributed by atoms with Gasteiger partial charge in [-0.3, -0.25) is 18.8 Å². The Bertz CT molecular complexity index is 963. The fourth-order valence-corrected chi connectivity index (χ4v) is 5.46. The van der Waals surface area contributed by atoms with Gasteiger partial charge in [0, 0.05) is 52.2 Å². The molecule has 1 aromatic heterocycles. The maximum Gasteiger partial charge on any atom is 0.329 e. The highest BCUT2D eigenvalue weighted by Crippen LogP contribution is 2.22. The van der Waals surface area contributed by atoms with Crippen LogP contribution < -0.4 is 5.69 Å². The first-order valence-corrected chi connectivity index (χ1v) is 12.3. The SMILES string of the molecule is CCCn1c(=O)n(CCC(=O)N2CCC(CN3CC(C)OC(C)C3)CC2)c2ccccc21. The average molecular weight is 443 g/mol. The molecule has 0 aliphatic carbocycles. The number of hydrogen-bond acceptors (Lipinski definition) is 4. The number of nitrogens with zero attached hydrogens (tertiary/aromatic N) is 4. The van der Waals surface area contributed by atoms with Crippen LogP contribution in [0.3, 0.4) is 0 Å². The van der Waals surface area contributed by atoms with Crippen LogP contribution in [-0.4, -0.2) is 69.8 Å². The van der Waals surface area contributed by atoms with E-state index in [4.69, 9.17) is 4.74 Å². The molecule has 4 rings (SSSR count). The molecule has 2 unspecified atom stereocenters. The lowest BCUT2D eigenvalue weighted by atomic mass is 9.95. The number of likely N-dealkylation sites (tertiary alicyclic amines) is 1. The highest BCUT2D eigenvalue weighted by atomic mass is 16.5. The molecule has 0 radical (unpaired) electrons. The quantitative estimate of drug-likeness (QED) is 0.662. The Kier molecular flexibility index (Phi) is 7.36. The number of ether oxygens (including phenoxy) is 1. The Hall–Kier alpha value is -2.12. The number of imidazole rings is 1. The van der Waals surface area contributed by atoms with Gasteiger partial charge in [-0.15, -0.1) is 0 Å². The van der Waals surface area contributed by atoms with Gasteiger partial charge in [0.05, 0.1) is 23.2 Å². The van der Waals surface area contributed by atoms with E-state index >= 15 is 0 Å². The van der Waals surface area contributed by atoms with Gasteiger partial charge in [-0.05, 0) is 51.2 Å². The zero-order valence-electron chi connectivity index (χ0n) is 19.8. The molecule has 3 heterocycles. The molecule has 2 fully saturated rings. The minimum absolute atomic E-state index is 0.00599. The van der Waals surface area contributed by atoms with Crippen molar-refractivity contribution in [3.63, 3.8) is 0 Å². The number of fused-ring (bicyclic) bond motifs is 1. The number of carbonyl (C=O) groups excluding carboxylic acids is 1. The lowest BCUT2D eigenvalue weighted by molar-refractivity contribution is -0.133. The van der Waals surface area contributed by atoms with Crippen molar-refractivity contribution in [3.8, 4) is 0 Å². The van der Waals surface area contributed by atoms with Gasteiger partial charge in [-0.1, -0.05) is 19.1 Å². The minimum atomic E-state index is -0.00599. The summed E-state index contributed by atoms with van der Waals surface area (Å²) in [5.41, 5.74) is 1.87. The summed E-state index contributed by atoms with van der Waals surface area (Å²) >= 11 is 0. The molecule has 0 spiro atoms. The molecule has 0 bridgehead atoms. The molecular weight excluding hydrogens is 404 g/mol. The van der Waals surface area contributed by atoms with E-state index in [9.17, 15) is 9.59 Å². The van der Waals surface area contributed by atoms with Crippen molar-refractivity contribution in [2.45, 2.75) is 71.8 Å². The van der Waals surface area contributed by atoms with Crippen molar-refractivity contribution in [2.24, 2.45) is 5.92 Å². The summed E-state index contributed by atoms with van der Waals surface area (Å²) in [6.45, 7) is 12.3. The van der Waals surface area contributed by atoms with Gasteiger partial charge in [0.15, 0.2) is 0 Å². The van der Waals surface area contributed by atoms with E-state index in [0.717, 1.165) is 63.0 Å². The topological polar surface area (TPSA) is 59.7 Å². The Morgan fingerprint density at radius 1 is 1.00 bits per heavy atom. The normalized spacial score (nSPS) is 23.2. The van der Waals surface area contributed by atoms with E-state index in [-0.39, 0.29) is 11.6 Å². The van der Waals surface area contributed by atoms with Crippen molar-refractivity contribution in [2.75, 3.05) is 32.7 Å². The summed E-state index contributed by atoms with van der Waals surface area (Å²) < 4.78 is 9.45.